The van der Waals surface area contributed by atoms with Crippen LogP contribution in [0.25, 0.3) is 0 Å². The molecule has 4 rings (SSSR count). The van der Waals surface area contributed by atoms with E-state index in [1.165, 1.54) is 17.5 Å². The fourth-order valence-corrected chi connectivity index (χ4v) is 4.10. The normalized spacial score (nSPS) is 30.1. The summed E-state index contributed by atoms with van der Waals surface area (Å²) >= 11 is 0. The highest BCUT2D eigenvalue weighted by Gasteiger charge is 2.41. The minimum atomic E-state index is 0.193. The van der Waals surface area contributed by atoms with Gasteiger partial charge in [-0.2, -0.15) is 0 Å². The molecule has 130 valence electrons. The fraction of sp³-hybridized carbons (Fsp3) is 0.650. The summed E-state index contributed by atoms with van der Waals surface area (Å²) in [6.45, 7) is 6.94. The van der Waals surface area contributed by atoms with E-state index in [1.54, 1.807) is 0 Å². The molecule has 24 heavy (non-hydrogen) atoms. The molecule has 2 heterocycles. The second kappa shape index (κ2) is 6.85. The topological polar surface area (TPSA) is 41.6 Å². The number of nitrogens with zero attached hydrogens (tertiary/aromatic N) is 1. The maximum absolute atomic E-state index is 11.9. The number of rotatable bonds is 5. The van der Waals surface area contributed by atoms with Crippen molar-refractivity contribution in [1.29, 1.82) is 0 Å². The predicted molar refractivity (Wildman–Crippen MR) is 93.5 cm³/mol. The van der Waals surface area contributed by atoms with E-state index in [0.717, 1.165) is 39.1 Å². The number of aryl methyl sites for hydroxylation is 1. The van der Waals surface area contributed by atoms with E-state index >= 15 is 0 Å². The van der Waals surface area contributed by atoms with E-state index < -0.39 is 0 Å². The average molecular weight is 328 g/mol. The lowest BCUT2D eigenvalue weighted by atomic mass is 9.84. The fourth-order valence-electron chi connectivity index (χ4n) is 4.10. The van der Waals surface area contributed by atoms with Crippen LogP contribution in [0.1, 0.15) is 30.4 Å². The van der Waals surface area contributed by atoms with Gasteiger partial charge in [0.1, 0.15) is 0 Å². The Morgan fingerprint density at radius 2 is 2.04 bits per heavy atom. The summed E-state index contributed by atoms with van der Waals surface area (Å²) in [5.41, 5.74) is 2.70. The first-order chi connectivity index (χ1) is 11.7. The van der Waals surface area contributed by atoms with Crippen molar-refractivity contribution in [2.75, 3.05) is 26.2 Å². The summed E-state index contributed by atoms with van der Waals surface area (Å²) in [4.78, 5) is 14.4. The van der Waals surface area contributed by atoms with Crippen LogP contribution in [0.15, 0.2) is 24.3 Å². The second-order valence-corrected chi connectivity index (χ2v) is 7.82. The van der Waals surface area contributed by atoms with Crippen LogP contribution in [0, 0.1) is 24.7 Å². The third kappa shape index (κ3) is 3.65. The number of ether oxygens (including phenoxy) is 1. The van der Waals surface area contributed by atoms with Crippen molar-refractivity contribution >= 4 is 5.91 Å². The zero-order chi connectivity index (χ0) is 16.5. The molecule has 4 nitrogen and oxygen atoms in total. The molecule has 0 spiro atoms. The number of nitrogens with one attached hydrogen (secondary N) is 1. The number of piperidine rings is 1. The Hall–Kier alpha value is -1.39. The number of carbonyl (C=O) groups is 1. The minimum Gasteiger partial charge on any atom is -0.376 e. The quantitative estimate of drug-likeness (QED) is 0.902. The Kier molecular flexibility index (Phi) is 4.59. The van der Waals surface area contributed by atoms with E-state index in [1.807, 2.05) is 0 Å². The van der Waals surface area contributed by atoms with E-state index in [0.29, 0.717) is 18.4 Å². The van der Waals surface area contributed by atoms with E-state index in [2.05, 4.69) is 41.4 Å². The van der Waals surface area contributed by atoms with Crippen LogP contribution in [0.4, 0.5) is 0 Å². The molecule has 0 bridgehead atoms. The molecule has 0 radical (unpaired) electrons. The van der Waals surface area contributed by atoms with Gasteiger partial charge in [0.15, 0.2) is 0 Å². The summed E-state index contributed by atoms with van der Waals surface area (Å²) in [6, 6.07) is 8.85. The average Bonchev–Trinajstić information content (AvgIpc) is 3.36. The standard InChI is InChI=1S/C20H28N2O2/c1-14-2-4-15(5-3-14)11-22-9-8-17-13-24-19(18(17)12-22)10-21-20(23)16-6-7-16/h2-5,16-19H,6-13H2,1H3,(H,21,23)/t17-,18-,19+/m1/s1. The molecule has 0 aromatic heterocycles. The first-order valence-corrected chi connectivity index (χ1v) is 9.36. The highest BCUT2D eigenvalue weighted by molar-refractivity contribution is 5.80. The van der Waals surface area contributed by atoms with Gasteiger partial charge in [-0.15, -0.1) is 0 Å². The smallest absolute Gasteiger partial charge is 0.223 e. The lowest BCUT2D eigenvalue weighted by molar-refractivity contribution is -0.122. The lowest BCUT2D eigenvalue weighted by Crippen LogP contribution is -2.45. The number of benzene rings is 1. The largest absolute Gasteiger partial charge is 0.376 e. The second-order valence-electron chi connectivity index (χ2n) is 7.82. The molecule has 3 atom stereocenters. The third-order valence-electron chi connectivity index (χ3n) is 5.84. The van der Waals surface area contributed by atoms with Crippen LogP contribution in [-0.2, 0) is 16.1 Å². The monoisotopic (exact) mass is 328 g/mol. The number of carbonyl (C=O) groups excluding carboxylic acids is 1. The summed E-state index contributed by atoms with van der Waals surface area (Å²) in [7, 11) is 0. The Morgan fingerprint density at radius 3 is 2.79 bits per heavy atom. The number of amides is 1. The van der Waals surface area contributed by atoms with Gasteiger partial charge in [0.2, 0.25) is 5.91 Å². The Bertz CT molecular complexity index is 582. The number of hydrogen-bond donors (Lipinski definition) is 1. The van der Waals surface area contributed by atoms with Crippen molar-refractivity contribution < 1.29 is 9.53 Å². The Labute approximate surface area is 144 Å². The predicted octanol–water partition coefficient (Wildman–Crippen LogP) is 2.36. The van der Waals surface area contributed by atoms with Crippen LogP contribution < -0.4 is 5.32 Å². The molecule has 1 aromatic carbocycles. The van der Waals surface area contributed by atoms with E-state index in [9.17, 15) is 4.79 Å². The van der Waals surface area contributed by atoms with E-state index in [4.69, 9.17) is 4.74 Å². The summed E-state index contributed by atoms with van der Waals surface area (Å²) in [5.74, 6) is 1.74. The highest BCUT2D eigenvalue weighted by atomic mass is 16.5. The molecular formula is C20H28N2O2. The van der Waals surface area contributed by atoms with Crippen molar-refractivity contribution in [1.82, 2.24) is 10.2 Å². The van der Waals surface area contributed by atoms with E-state index in [-0.39, 0.29) is 17.9 Å². The van der Waals surface area contributed by atoms with Crippen molar-refractivity contribution in [2.45, 2.75) is 38.8 Å². The van der Waals surface area contributed by atoms with Gasteiger partial charge in [-0.25, -0.2) is 0 Å². The maximum atomic E-state index is 11.9. The molecule has 0 unspecified atom stereocenters. The summed E-state index contributed by atoms with van der Waals surface area (Å²) < 4.78 is 6.02. The molecule has 1 aromatic rings. The van der Waals surface area contributed by atoms with Crippen molar-refractivity contribution in [2.24, 2.45) is 17.8 Å². The first-order valence-electron chi connectivity index (χ1n) is 9.36. The van der Waals surface area contributed by atoms with Gasteiger partial charge in [-0.1, -0.05) is 29.8 Å². The molecule has 1 saturated carbocycles. The molecule has 1 N–H and O–H groups in total. The van der Waals surface area contributed by atoms with Crippen molar-refractivity contribution in [3.05, 3.63) is 35.4 Å². The highest BCUT2D eigenvalue weighted by Crippen LogP contribution is 2.35. The Balaban J connectivity index is 1.32. The van der Waals surface area contributed by atoms with Crippen LogP contribution >= 0.6 is 0 Å². The van der Waals surface area contributed by atoms with Gasteiger partial charge in [0.25, 0.3) is 0 Å². The molecule has 1 amide bonds. The van der Waals surface area contributed by atoms with Gasteiger partial charge < -0.3 is 10.1 Å². The zero-order valence-electron chi connectivity index (χ0n) is 14.5. The summed E-state index contributed by atoms with van der Waals surface area (Å²) in [5, 5.41) is 3.11. The zero-order valence-corrected chi connectivity index (χ0v) is 14.5. The molecule has 2 aliphatic heterocycles. The number of hydrogen-bond acceptors (Lipinski definition) is 3. The number of likely N-dealkylation sites (tertiary alicyclic amines) is 1. The summed E-state index contributed by atoms with van der Waals surface area (Å²) in [6.07, 6.45) is 3.53. The minimum absolute atomic E-state index is 0.193. The molecule has 3 aliphatic rings. The SMILES string of the molecule is Cc1ccc(CN2CC[C@@H]3CO[C@@H](CNC(=O)C4CC4)[C@@H]3C2)cc1. The van der Waals surface area contributed by atoms with Gasteiger partial charge in [0, 0.05) is 31.5 Å². The van der Waals surface area contributed by atoms with Gasteiger partial charge in [-0.3, -0.25) is 9.69 Å². The molecule has 2 saturated heterocycles. The number of fused-ring (bicyclic) bond motifs is 1. The Morgan fingerprint density at radius 1 is 1.25 bits per heavy atom. The van der Waals surface area contributed by atoms with Gasteiger partial charge >= 0.3 is 0 Å². The molecule has 3 fully saturated rings. The molecule has 1 aliphatic carbocycles. The van der Waals surface area contributed by atoms with Crippen molar-refractivity contribution in [3.63, 3.8) is 0 Å². The van der Waals surface area contributed by atoms with Crippen LogP contribution in [0.5, 0.6) is 0 Å². The lowest BCUT2D eigenvalue weighted by Gasteiger charge is -2.36. The van der Waals surface area contributed by atoms with Crippen LogP contribution in [-0.4, -0.2) is 43.2 Å². The van der Waals surface area contributed by atoms with Gasteiger partial charge in [0.05, 0.1) is 12.7 Å². The molecule has 4 heteroatoms. The van der Waals surface area contributed by atoms with Crippen LogP contribution in [0.3, 0.4) is 0 Å². The molecular weight excluding hydrogens is 300 g/mol. The van der Waals surface area contributed by atoms with Gasteiger partial charge in [-0.05, 0) is 44.2 Å². The maximum Gasteiger partial charge on any atom is 0.223 e. The first kappa shape index (κ1) is 16.1. The van der Waals surface area contributed by atoms with Crippen LogP contribution in [0.2, 0.25) is 0 Å². The van der Waals surface area contributed by atoms with Crippen molar-refractivity contribution in [3.8, 4) is 0 Å². The third-order valence-corrected chi connectivity index (χ3v) is 5.84.